The summed E-state index contributed by atoms with van der Waals surface area (Å²) in [6.45, 7) is 4.37. The van der Waals surface area contributed by atoms with E-state index in [1.807, 2.05) is 0 Å². The van der Waals surface area contributed by atoms with Crippen LogP contribution in [0.4, 0.5) is 0 Å². The highest BCUT2D eigenvalue weighted by Gasteiger charge is 2.15. The van der Waals surface area contributed by atoms with Crippen LogP contribution < -0.4 is 0 Å². The van der Waals surface area contributed by atoms with Gasteiger partial charge in [0, 0.05) is 0 Å². The summed E-state index contributed by atoms with van der Waals surface area (Å²) >= 11 is 0. The van der Waals surface area contributed by atoms with Crippen molar-refractivity contribution in [2.45, 2.75) is 97.3 Å². The lowest BCUT2D eigenvalue weighted by molar-refractivity contribution is -0.142. The summed E-state index contributed by atoms with van der Waals surface area (Å²) in [5.41, 5.74) is 0. The van der Waals surface area contributed by atoms with E-state index in [1.54, 1.807) is 0 Å². The lowest BCUT2D eigenvalue weighted by Crippen LogP contribution is -2.13. The molecule has 0 bridgehead atoms. The smallest absolute Gasteiger partial charge is 0.306 e. The van der Waals surface area contributed by atoms with Gasteiger partial charge in [-0.2, -0.15) is 0 Å². The van der Waals surface area contributed by atoms with Crippen LogP contribution in [0.1, 0.15) is 97.3 Å². The molecule has 0 amide bonds. The van der Waals surface area contributed by atoms with Crippen LogP contribution in [0.3, 0.4) is 0 Å². The minimum absolute atomic E-state index is 0.0931. The van der Waals surface area contributed by atoms with Crippen LogP contribution in [-0.2, 0) is 4.79 Å². The summed E-state index contributed by atoms with van der Waals surface area (Å²) in [4.78, 5) is 11.1. The summed E-state index contributed by atoms with van der Waals surface area (Å²) in [6.07, 6.45) is 15.6. The molecule has 0 rings (SSSR count). The molecule has 0 saturated heterocycles. The third-order valence-corrected chi connectivity index (χ3v) is 3.91. The first-order valence-electron chi connectivity index (χ1n) is 8.45. The Labute approximate surface area is 120 Å². The maximum atomic E-state index is 11.1. The number of hydrogen-bond acceptors (Lipinski definition) is 1. The molecule has 19 heavy (non-hydrogen) atoms. The number of hydrogen-bond donors (Lipinski definition) is 1. The van der Waals surface area contributed by atoms with Crippen molar-refractivity contribution in [2.75, 3.05) is 0 Å². The highest BCUT2D eigenvalue weighted by Crippen LogP contribution is 2.18. The number of unbranched alkanes of at least 4 members (excludes halogenated alkanes) is 9. The lowest BCUT2D eigenvalue weighted by atomic mass is 9.95. The zero-order valence-corrected chi connectivity index (χ0v) is 13.1. The van der Waals surface area contributed by atoms with Crippen LogP contribution in [0.25, 0.3) is 0 Å². The van der Waals surface area contributed by atoms with Crippen LogP contribution in [0.2, 0.25) is 0 Å². The van der Waals surface area contributed by atoms with Gasteiger partial charge in [0.2, 0.25) is 0 Å². The Balaban J connectivity index is 3.37. The van der Waals surface area contributed by atoms with Crippen molar-refractivity contribution in [3.05, 3.63) is 0 Å². The fourth-order valence-electron chi connectivity index (χ4n) is 2.54. The second-order valence-electron chi connectivity index (χ2n) is 5.79. The Morgan fingerprint density at radius 1 is 0.737 bits per heavy atom. The Bertz CT molecular complexity index is 201. The molecule has 0 aliphatic carbocycles. The average molecular weight is 270 g/mol. The van der Waals surface area contributed by atoms with Gasteiger partial charge in [-0.25, -0.2) is 0 Å². The maximum absolute atomic E-state index is 11.1. The molecule has 0 spiro atoms. The minimum atomic E-state index is -0.590. The molecule has 0 aromatic rings. The second-order valence-corrected chi connectivity index (χ2v) is 5.79. The largest absolute Gasteiger partial charge is 0.481 e. The Morgan fingerprint density at radius 2 is 1.16 bits per heavy atom. The first-order chi connectivity index (χ1) is 9.22. The molecule has 114 valence electrons. The van der Waals surface area contributed by atoms with E-state index in [9.17, 15) is 4.79 Å². The monoisotopic (exact) mass is 270 g/mol. The van der Waals surface area contributed by atoms with Crippen molar-refractivity contribution in [1.82, 2.24) is 0 Å². The first-order valence-corrected chi connectivity index (χ1v) is 8.45. The van der Waals surface area contributed by atoms with E-state index in [-0.39, 0.29) is 5.92 Å². The highest BCUT2D eigenvalue weighted by molar-refractivity contribution is 5.69. The third kappa shape index (κ3) is 12.3. The normalized spacial score (nSPS) is 12.5. The number of aliphatic carboxylic acids is 1. The second kappa shape index (κ2) is 13.9. The first kappa shape index (κ1) is 18.5. The molecular formula is C17H34O2. The summed E-state index contributed by atoms with van der Waals surface area (Å²) in [7, 11) is 0. The van der Waals surface area contributed by atoms with Gasteiger partial charge in [-0.15, -0.1) is 0 Å². The van der Waals surface area contributed by atoms with Crippen molar-refractivity contribution in [1.29, 1.82) is 0 Å². The van der Waals surface area contributed by atoms with Gasteiger partial charge in [0.25, 0.3) is 0 Å². The third-order valence-electron chi connectivity index (χ3n) is 3.91. The highest BCUT2D eigenvalue weighted by atomic mass is 16.4. The molecule has 1 N–H and O–H groups in total. The van der Waals surface area contributed by atoms with Crippen LogP contribution in [-0.4, -0.2) is 11.1 Å². The van der Waals surface area contributed by atoms with Gasteiger partial charge >= 0.3 is 5.97 Å². The van der Waals surface area contributed by atoms with Crippen LogP contribution in [0.15, 0.2) is 0 Å². The van der Waals surface area contributed by atoms with Gasteiger partial charge in [0.1, 0.15) is 0 Å². The number of carboxylic acids is 1. The number of carboxylic acid groups (broad SMARTS) is 1. The molecule has 0 radical (unpaired) electrons. The molecule has 1 atom stereocenters. The maximum Gasteiger partial charge on any atom is 0.306 e. The van der Waals surface area contributed by atoms with Crippen molar-refractivity contribution in [2.24, 2.45) is 5.92 Å². The lowest BCUT2D eigenvalue weighted by Gasteiger charge is -2.11. The minimum Gasteiger partial charge on any atom is -0.481 e. The SMILES string of the molecule is CCCCCCCCCCCC(CCCC)C(=O)O. The molecule has 0 fully saturated rings. The van der Waals surface area contributed by atoms with Gasteiger partial charge < -0.3 is 5.11 Å². The van der Waals surface area contributed by atoms with Crippen molar-refractivity contribution in [3.8, 4) is 0 Å². The van der Waals surface area contributed by atoms with E-state index in [4.69, 9.17) is 5.11 Å². The van der Waals surface area contributed by atoms with E-state index in [0.717, 1.165) is 32.1 Å². The Hall–Kier alpha value is -0.530. The fraction of sp³-hybridized carbons (Fsp3) is 0.941. The molecule has 0 aliphatic heterocycles. The van der Waals surface area contributed by atoms with Crippen LogP contribution in [0, 0.1) is 5.92 Å². The van der Waals surface area contributed by atoms with Gasteiger partial charge in [-0.1, -0.05) is 84.5 Å². The molecule has 0 heterocycles. The number of rotatable bonds is 14. The van der Waals surface area contributed by atoms with Crippen molar-refractivity contribution < 1.29 is 9.90 Å². The van der Waals surface area contributed by atoms with E-state index < -0.39 is 5.97 Å². The predicted molar refractivity (Wildman–Crippen MR) is 82.5 cm³/mol. The summed E-state index contributed by atoms with van der Waals surface area (Å²) in [6, 6.07) is 0. The predicted octanol–water partition coefficient (Wildman–Crippen LogP) is 5.80. The van der Waals surface area contributed by atoms with Crippen LogP contribution in [0.5, 0.6) is 0 Å². The molecular weight excluding hydrogens is 236 g/mol. The van der Waals surface area contributed by atoms with E-state index >= 15 is 0 Å². The molecule has 0 aliphatic rings. The molecule has 2 nitrogen and oxygen atoms in total. The van der Waals surface area contributed by atoms with Crippen molar-refractivity contribution >= 4 is 5.97 Å². The fourth-order valence-corrected chi connectivity index (χ4v) is 2.54. The Kier molecular flexibility index (Phi) is 13.5. The number of carbonyl (C=O) groups is 1. The summed E-state index contributed by atoms with van der Waals surface area (Å²) < 4.78 is 0. The van der Waals surface area contributed by atoms with Crippen LogP contribution >= 0.6 is 0 Å². The van der Waals surface area contributed by atoms with Gasteiger partial charge in [0.05, 0.1) is 5.92 Å². The zero-order chi connectivity index (χ0) is 14.3. The summed E-state index contributed by atoms with van der Waals surface area (Å²) in [5.74, 6) is -0.683. The van der Waals surface area contributed by atoms with Gasteiger partial charge in [-0.05, 0) is 12.8 Å². The molecule has 0 saturated carbocycles. The molecule has 0 aromatic carbocycles. The van der Waals surface area contributed by atoms with Crippen molar-refractivity contribution in [3.63, 3.8) is 0 Å². The molecule has 1 unspecified atom stereocenters. The van der Waals surface area contributed by atoms with E-state index in [1.165, 1.54) is 51.4 Å². The van der Waals surface area contributed by atoms with Gasteiger partial charge in [-0.3, -0.25) is 4.79 Å². The molecule has 2 heteroatoms. The standard InChI is InChI=1S/C17H34O2/c1-3-5-7-8-9-10-11-12-13-15-16(17(18)19)14-6-4-2/h16H,3-15H2,1-2H3,(H,18,19). The summed E-state index contributed by atoms with van der Waals surface area (Å²) in [5, 5.41) is 9.12. The van der Waals surface area contributed by atoms with E-state index in [2.05, 4.69) is 13.8 Å². The average Bonchev–Trinajstić information content (AvgIpc) is 2.39. The quantitative estimate of drug-likeness (QED) is 0.405. The molecule has 0 aromatic heterocycles. The van der Waals surface area contributed by atoms with E-state index in [0.29, 0.717) is 0 Å². The van der Waals surface area contributed by atoms with Gasteiger partial charge in [0.15, 0.2) is 0 Å². The zero-order valence-electron chi connectivity index (χ0n) is 13.1. The Morgan fingerprint density at radius 3 is 1.63 bits per heavy atom. The topological polar surface area (TPSA) is 37.3 Å².